The van der Waals surface area contributed by atoms with E-state index in [0.717, 1.165) is 0 Å². The predicted octanol–water partition coefficient (Wildman–Crippen LogP) is 0.256. The first-order chi connectivity index (χ1) is 8.47. The molecular formula is C13H18O5. The summed E-state index contributed by atoms with van der Waals surface area (Å²) >= 11 is 0. The number of aliphatic hydroxyl groups is 1. The molecule has 2 aliphatic rings. The average molecular weight is 254 g/mol. The summed E-state index contributed by atoms with van der Waals surface area (Å²) in [5.41, 5.74) is -1.79. The molecule has 1 saturated heterocycles. The summed E-state index contributed by atoms with van der Waals surface area (Å²) in [5.74, 6) is -0.504. The van der Waals surface area contributed by atoms with Crippen LogP contribution in [0.1, 0.15) is 19.8 Å². The largest absolute Gasteiger partial charge is 0.386 e. The van der Waals surface area contributed by atoms with Crippen LogP contribution in [0.25, 0.3) is 0 Å². The van der Waals surface area contributed by atoms with Crippen LogP contribution in [0.2, 0.25) is 0 Å². The summed E-state index contributed by atoms with van der Waals surface area (Å²) in [6.07, 6.45) is 3.55. The number of rotatable bonds is 4. The summed E-state index contributed by atoms with van der Waals surface area (Å²) in [6, 6.07) is 0. The molecule has 0 radical (unpaired) electrons. The maximum atomic E-state index is 11.9. The van der Waals surface area contributed by atoms with Crippen molar-refractivity contribution in [3.63, 3.8) is 0 Å². The van der Waals surface area contributed by atoms with E-state index in [1.165, 1.54) is 19.3 Å². The van der Waals surface area contributed by atoms with E-state index in [1.54, 1.807) is 6.92 Å². The molecule has 0 aromatic heterocycles. The van der Waals surface area contributed by atoms with Crippen molar-refractivity contribution in [2.75, 3.05) is 13.7 Å². The van der Waals surface area contributed by atoms with Crippen molar-refractivity contribution in [2.24, 2.45) is 5.92 Å². The van der Waals surface area contributed by atoms with Crippen LogP contribution < -0.4 is 0 Å². The first-order valence-electron chi connectivity index (χ1n) is 6.02. The van der Waals surface area contributed by atoms with Gasteiger partial charge < -0.3 is 14.6 Å². The standard InChI is InChI=1S/C13H18O5/c1-12(16,5-3-7-14)11-10(17-2)9(15)4-6-13(11)8-18-13/h3,5,7,10-11,16H,4,6,8H2,1-2H3/b5-3+/t10-,11-,12+,13+/m1/s1. The summed E-state index contributed by atoms with van der Waals surface area (Å²) in [4.78, 5) is 22.3. The molecule has 1 spiro atoms. The zero-order valence-corrected chi connectivity index (χ0v) is 10.6. The molecule has 1 aliphatic heterocycles. The van der Waals surface area contributed by atoms with E-state index < -0.39 is 23.2 Å². The minimum absolute atomic E-state index is 0.0246. The topological polar surface area (TPSA) is 76.1 Å². The van der Waals surface area contributed by atoms with Crippen molar-refractivity contribution < 1.29 is 24.2 Å². The molecule has 0 bridgehead atoms. The molecular weight excluding hydrogens is 236 g/mol. The van der Waals surface area contributed by atoms with Crippen molar-refractivity contribution in [3.8, 4) is 0 Å². The Bertz CT molecular complexity index is 381. The van der Waals surface area contributed by atoms with E-state index in [2.05, 4.69) is 0 Å². The molecule has 0 amide bonds. The second-order valence-electron chi connectivity index (χ2n) is 5.17. The molecule has 0 aromatic rings. The Balaban J connectivity index is 2.32. The van der Waals surface area contributed by atoms with Crippen LogP contribution in [0, 0.1) is 5.92 Å². The number of carbonyl (C=O) groups excluding carboxylic acids is 2. The van der Waals surface area contributed by atoms with Gasteiger partial charge in [0.1, 0.15) is 18.0 Å². The van der Waals surface area contributed by atoms with Crippen LogP contribution >= 0.6 is 0 Å². The molecule has 5 heteroatoms. The molecule has 0 aromatic carbocycles. The summed E-state index contributed by atoms with van der Waals surface area (Å²) in [5, 5.41) is 10.5. The SMILES string of the molecule is CO[C@@H]1C(=O)CC[C@]2(CO2)[C@H]1[C@@](C)(O)/C=C/C=O. The molecule has 0 unspecified atom stereocenters. The maximum Gasteiger partial charge on any atom is 0.162 e. The monoisotopic (exact) mass is 254 g/mol. The first kappa shape index (κ1) is 13.4. The average Bonchev–Trinajstić information content (AvgIpc) is 3.09. The lowest BCUT2D eigenvalue weighted by molar-refractivity contribution is -0.150. The summed E-state index contributed by atoms with van der Waals surface area (Å²) < 4.78 is 10.7. The number of hydrogen-bond acceptors (Lipinski definition) is 5. The van der Waals surface area contributed by atoms with Gasteiger partial charge in [0.15, 0.2) is 5.78 Å². The lowest BCUT2D eigenvalue weighted by Gasteiger charge is -2.41. The van der Waals surface area contributed by atoms with E-state index in [4.69, 9.17) is 9.47 Å². The minimum atomic E-state index is -1.31. The Morgan fingerprint density at radius 2 is 2.28 bits per heavy atom. The van der Waals surface area contributed by atoms with E-state index >= 15 is 0 Å². The first-order valence-corrected chi connectivity index (χ1v) is 6.02. The third kappa shape index (κ3) is 2.13. The van der Waals surface area contributed by atoms with E-state index in [-0.39, 0.29) is 5.78 Å². The number of ether oxygens (including phenoxy) is 2. The van der Waals surface area contributed by atoms with E-state index in [0.29, 0.717) is 25.7 Å². The van der Waals surface area contributed by atoms with Crippen molar-refractivity contribution in [2.45, 2.75) is 37.1 Å². The third-order valence-corrected chi connectivity index (χ3v) is 3.89. The van der Waals surface area contributed by atoms with E-state index in [1.807, 2.05) is 0 Å². The van der Waals surface area contributed by atoms with Crippen LogP contribution in [0.3, 0.4) is 0 Å². The molecule has 2 rings (SSSR count). The fourth-order valence-electron chi connectivity index (χ4n) is 2.96. The second-order valence-corrected chi connectivity index (χ2v) is 5.17. The van der Waals surface area contributed by atoms with Gasteiger partial charge in [0, 0.05) is 13.5 Å². The Morgan fingerprint density at radius 1 is 1.61 bits per heavy atom. The lowest BCUT2D eigenvalue weighted by atomic mass is 9.68. The second kappa shape index (κ2) is 4.57. The van der Waals surface area contributed by atoms with Crippen molar-refractivity contribution in [1.82, 2.24) is 0 Å². The Hall–Kier alpha value is -1.04. The molecule has 2 fully saturated rings. The molecule has 5 nitrogen and oxygen atoms in total. The van der Waals surface area contributed by atoms with E-state index in [9.17, 15) is 14.7 Å². The Labute approximate surface area is 106 Å². The number of carbonyl (C=O) groups is 2. The smallest absolute Gasteiger partial charge is 0.162 e. The molecule has 1 N–H and O–H groups in total. The van der Waals surface area contributed by atoms with Crippen molar-refractivity contribution >= 4 is 12.1 Å². The van der Waals surface area contributed by atoms with Gasteiger partial charge in [0.2, 0.25) is 0 Å². The molecule has 1 heterocycles. The zero-order valence-electron chi connectivity index (χ0n) is 10.6. The number of ketones is 1. The Morgan fingerprint density at radius 3 is 2.78 bits per heavy atom. The number of epoxide rings is 1. The number of hydrogen-bond donors (Lipinski definition) is 1. The molecule has 4 atom stereocenters. The normalized spacial score (nSPS) is 38.9. The van der Waals surface area contributed by atoms with Crippen molar-refractivity contribution in [1.29, 1.82) is 0 Å². The van der Waals surface area contributed by atoms with Crippen molar-refractivity contribution in [3.05, 3.63) is 12.2 Å². The van der Waals surface area contributed by atoms with Crippen LogP contribution in [-0.2, 0) is 19.1 Å². The van der Waals surface area contributed by atoms with Gasteiger partial charge in [-0.05, 0) is 25.5 Å². The Kier molecular flexibility index (Phi) is 3.40. The van der Waals surface area contributed by atoms with Gasteiger partial charge in [-0.3, -0.25) is 9.59 Å². The van der Waals surface area contributed by atoms with Crippen LogP contribution in [0.4, 0.5) is 0 Å². The third-order valence-electron chi connectivity index (χ3n) is 3.89. The fraction of sp³-hybridized carbons (Fsp3) is 0.692. The predicted molar refractivity (Wildman–Crippen MR) is 63.0 cm³/mol. The summed E-state index contributed by atoms with van der Waals surface area (Å²) in [7, 11) is 1.45. The molecule has 18 heavy (non-hydrogen) atoms. The van der Waals surface area contributed by atoms with Gasteiger partial charge in [-0.15, -0.1) is 0 Å². The van der Waals surface area contributed by atoms with Crippen LogP contribution in [0.15, 0.2) is 12.2 Å². The summed E-state index contributed by atoms with van der Waals surface area (Å²) in [6.45, 7) is 2.10. The lowest BCUT2D eigenvalue weighted by Crippen LogP contribution is -2.56. The highest BCUT2D eigenvalue weighted by atomic mass is 16.6. The van der Waals surface area contributed by atoms with Gasteiger partial charge >= 0.3 is 0 Å². The highest BCUT2D eigenvalue weighted by Crippen LogP contribution is 2.50. The van der Waals surface area contributed by atoms with Gasteiger partial charge in [-0.25, -0.2) is 0 Å². The molecule has 100 valence electrons. The quantitative estimate of drug-likeness (QED) is 0.442. The number of Topliss-reactive ketones (excluding diaryl/α,β-unsaturated/α-hetero) is 1. The highest BCUT2D eigenvalue weighted by Gasteiger charge is 2.63. The molecule has 1 aliphatic carbocycles. The zero-order chi connectivity index (χ0) is 13.4. The highest BCUT2D eigenvalue weighted by molar-refractivity contribution is 5.85. The fourth-order valence-corrected chi connectivity index (χ4v) is 2.96. The van der Waals surface area contributed by atoms with Gasteiger partial charge in [0.25, 0.3) is 0 Å². The molecule has 1 saturated carbocycles. The van der Waals surface area contributed by atoms with Gasteiger partial charge in [0.05, 0.1) is 18.1 Å². The number of aldehydes is 1. The van der Waals surface area contributed by atoms with Gasteiger partial charge in [-0.1, -0.05) is 0 Å². The maximum absolute atomic E-state index is 11.9. The van der Waals surface area contributed by atoms with Crippen LogP contribution in [-0.4, -0.2) is 48.2 Å². The van der Waals surface area contributed by atoms with Crippen LogP contribution in [0.5, 0.6) is 0 Å². The van der Waals surface area contributed by atoms with Gasteiger partial charge in [-0.2, -0.15) is 0 Å². The number of methoxy groups -OCH3 is 1. The minimum Gasteiger partial charge on any atom is -0.386 e. The number of allylic oxidation sites excluding steroid dienone is 1.